The van der Waals surface area contributed by atoms with Crippen molar-refractivity contribution < 1.29 is 9.84 Å². The molecule has 1 aromatic carbocycles. The second kappa shape index (κ2) is 6.36. The van der Waals surface area contributed by atoms with Crippen LogP contribution in [0.25, 0.3) is 0 Å². The SMILES string of the molecule is Cc1nc(Oc2ccccc2)n(CCCN)c1CO. The first-order valence-corrected chi connectivity index (χ1v) is 6.36. The van der Waals surface area contributed by atoms with Crippen LogP contribution < -0.4 is 10.5 Å². The summed E-state index contributed by atoms with van der Waals surface area (Å²) in [7, 11) is 0. The van der Waals surface area contributed by atoms with Gasteiger partial charge < -0.3 is 15.6 Å². The number of para-hydroxylation sites is 1. The monoisotopic (exact) mass is 261 g/mol. The second-order valence-corrected chi connectivity index (χ2v) is 4.29. The molecule has 102 valence electrons. The van der Waals surface area contributed by atoms with Crippen LogP contribution in [0, 0.1) is 6.92 Å². The predicted octanol–water partition coefficient (Wildman–Crippen LogP) is 1.82. The topological polar surface area (TPSA) is 73.3 Å². The van der Waals surface area contributed by atoms with E-state index in [4.69, 9.17) is 10.5 Å². The summed E-state index contributed by atoms with van der Waals surface area (Å²) in [4.78, 5) is 4.37. The minimum absolute atomic E-state index is 0.0540. The molecule has 2 aromatic rings. The van der Waals surface area contributed by atoms with Crippen molar-refractivity contribution in [1.82, 2.24) is 9.55 Å². The summed E-state index contributed by atoms with van der Waals surface area (Å²) in [6.07, 6.45) is 0.813. The Morgan fingerprint density at radius 2 is 2.05 bits per heavy atom. The average Bonchev–Trinajstić information content (AvgIpc) is 2.72. The number of benzene rings is 1. The van der Waals surface area contributed by atoms with E-state index in [2.05, 4.69) is 4.98 Å². The fourth-order valence-corrected chi connectivity index (χ4v) is 1.93. The van der Waals surface area contributed by atoms with E-state index in [1.54, 1.807) is 0 Å². The molecule has 0 saturated heterocycles. The molecule has 0 radical (unpaired) electrons. The molecule has 0 aliphatic carbocycles. The van der Waals surface area contributed by atoms with Crippen LogP contribution in [0.4, 0.5) is 0 Å². The van der Waals surface area contributed by atoms with Gasteiger partial charge in [-0.3, -0.25) is 4.57 Å². The predicted molar refractivity (Wildman–Crippen MR) is 73.1 cm³/mol. The van der Waals surface area contributed by atoms with E-state index in [9.17, 15) is 5.11 Å². The van der Waals surface area contributed by atoms with Crippen molar-refractivity contribution in [3.63, 3.8) is 0 Å². The van der Waals surface area contributed by atoms with E-state index in [1.807, 2.05) is 41.8 Å². The maximum absolute atomic E-state index is 9.43. The normalized spacial score (nSPS) is 10.7. The molecule has 0 saturated carbocycles. The zero-order valence-corrected chi connectivity index (χ0v) is 11.0. The molecule has 0 amide bonds. The number of hydrogen-bond donors (Lipinski definition) is 2. The van der Waals surface area contributed by atoms with Crippen LogP contribution in [-0.4, -0.2) is 21.2 Å². The maximum Gasteiger partial charge on any atom is 0.302 e. The molecule has 5 nitrogen and oxygen atoms in total. The van der Waals surface area contributed by atoms with Crippen molar-refractivity contribution in [3.8, 4) is 11.8 Å². The number of nitrogens with zero attached hydrogens (tertiary/aromatic N) is 2. The third-order valence-corrected chi connectivity index (χ3v) is 2.93. The first kappa shape index (κ1) is 13.6. The maximum atomic E-state index is 9.43. The highest BCUT2D eigenvalue weighted by Crippen LogP contribution is 2.24. The number of aryl methyl sites for hydroxylation is 1. The molecule has 0 fully saturated rings. The van der Waals surface area contributed by atoms with Crippen LogP contribution >= 0.6 is 0 Å². The van der Waals surface area contributed by atoms with Crippen LogP contribution in [0.2, 0.25) is 0 Å². The van der Waals surface area contributed by atoms with Crippen molar-refractivity contribution in [2.45, 2.75) is 26.5 Å². The molecular formula is C14H19N3O2. The number of nitrogens with two attached hydrogens (primary N) is 1. The van der Waals surface area contributed by atoms with Crippen LogP contribution in [0.15, 0.2) is 30.3 Å². The molecule has 1 heterocycles. The zero-order chi connectivity index (χ0) is 13.7. The number of rotatable bonds is 6. The number of aromatic nitrogens is 2. The Labute approximate surface area is 112 Å². The number of ether oxygens (including phenoxy) is 1. The lowest BCUT2D eigenvalue weighted by Gasteiger charge is -2.10. The van der Waals surface area contributed by atoms with Crippen molar-refractivity contribution in [2.75, 3.05) is 6.54 Å². The molecule has 0 aliphatic rings. The van der Waals surface area contributed by atoms with Gasteiger partial charge in [0.1, 0.15) is 5.75 Å². The van der Waals surface area contributed by atoms with Gasteiger partial charge in [-0.05, 0) is 32.0 Å². The van der Waals surface area contributed by atoms with E-state index in [0.29, 0.717) is 19.1 Å². The van der Waals surface area contributed by atoms with Gasteiger partial charge in [0.15, 0.2) is 0 Å². The molecule has 1 aromatic heterocycles. The fourth-order valence-electron chi connectivity index (χ4n) is 1.93. The molecule has 0 spiro atoms. The number of imidazole rings is 1. The Kier molecular flexibility index (Phi) is 4.54. The van der Waals surface area contributed by atoms with Gasteiger partial charge in [0, 0.05) is 6.54 Å². The molecule has 0 unspecified atom stereocenters. The summed E-state index contributed by atoms with van der Waals surface area (Å²) in [5.41, 5.74) is 7.10. The zero-order valence-electron chi connectivity index (χ0n) is 11.0. The average molecular weight is 261 g/mol. The van der Waals surface area contributed by atoms with Crippen molar-refractivity contribution in [2.24, 2.45) is 5.73 Å². The van der Waals surface area contributed by atoms with Crippen LogP contribution in [0.5, 0.6) is 11.8 Å². The third kappa shape index (κ3) is 3.13. The third-order valence-electron chi connectivity index (χ3n) is 2.93. The van der Waals surface area contributed by atoms with Crippen molar-refractivity contribution in [1.29, 1.82) is 0 Å². The Morgan fingerprint density at radius 3 is 2.68 bits per heavy atom. The standard InChI is InChI=1S/C14H19N3O2/c1-11-13(10-18)17(9-5-8-15)14(16-11)19-12-6-3-2-4-7-12/h2-4,6-7,18H,5,8-10,15H2,1H3. The summed E-state index contributed by atoms with van der Waals surface area (Å²) in [5.74, 6) is 0.728. The Morgan fingerprint density at radius 1 is 1.32 bits per heavy atom. The van der Waals surface area contributed by atoms with Gasteiger partial charge in [-0.25, -0.2) is 0 Å². The van der Waals surface area contributed by atoms with E-state index in [-0.39, 0.29) is 6.61 Å². The molecular weight excluding hydrogens is 242 g/mol. The Bertz CT molecular complexity index is 523. The first-order valence-electron chi connectivity index (χ1n) is 6.36. The molecule has 3 N–H and O–H groups in total. The molecule has 0 aliphatic heterocycles. The van der Waals surface area contributed by atoms with Crippen molar-refractivity contribution in [3.05, 3.63) is 41.7 Å². The number of aliphatic hydroxyl groups excluding tert-OH is 1. The minimum atomic E-state index is -0.0540. The molecule has 0 bridgehead atoms. The number of hydrogen-bond acceptors (Lipinski definition) is 4. The van der Waals surface area contributed by atoms with Gasteiger partial charge in [0.05, 0.1) is 18.0 Å². The van der Waals surface area contributed by atoms with Crippen molar-refractivity contribution >= 4 is 0 Å². The van der Waals surface area contributed by atoms with Gasteiger partial charge in [-0.1, -0.05) is 18.2 Å². The van der Waals surface area contributed by atoms with Crippen LogP contribution in [-0.2, 0) is 13.2 Å². The summed E-state index contributed by atoms with van der Waals surface area (Å²) < 4.78 is 7.65. The number of aliphatic hydroxyl groups is 1. The van der Waals surface area contributed by atoms with E-state index in [0.717, 1.165) is 23.6 Å². The first-order chi connectivity index (χ1) is 9.26. The van der Waals surface area contributed by atoms with Crippen LogP contribution in [0.1, 0.15) is 17.8 Å². The lowest BCUT2D eigenvalue weighted by atomic mass is 10.3. The highest BCUT2D eigenvalue weighted by atomic mass is 16.5. The second-order valence-electron chi connectivity index (χ2n) is 4.29. The summed E-state index contributed by atoms with van der Waals surface area (Å²) >= 11 is 0. The van der Waals surface area contributed by atoms with E-state index in [1.165, 1.54) is 0 Å². The lowest BCUT2D eigenvalue weighted by Crippen LogP contribution is -2.10. The molecule has 2 rings (SSSR count). The lowest BCUT2D eigenvalue weighted by molar-refractivity contribution is 0.266. The van der Waals surface area contributed by atoms with Gasteiger partial charge in [-0.2, -0.15) is 4.98 Å². The van der Waals surface area contributed by atoms with Gasteiger partial charge in [-0.15, -0.1) is 0 Å². The minimum Gasteiger partial charge on any atom is -0.426 e. The highest BCUT2D eigenvalue weighted by molar-refractivity contribution is 5.27. The highest BCUT2D eigenvalue weighted by Gasteiger charge is 2.15. The van der Waals surface area contributed by atoms with Crippen LogP contribution in [0.3, 0.4) is 0 Å². The van der Waals surface area contributed by atoms with Gasteiger partial charge in [0.25, 0.3) is 0 Å². The summed E-state index contributed by atoms with van der Waals surface area (Å²) in [6.45, 7) is 3.09. The van der Waals surface area contributed by atoms with E-state index < -0.39 is 0 Å². The fraction of sp³-hybridized carbons (Fsp3) is 0.357. The summed E-state index contributed by atoms with van der Waals surface area (Å²) in [5, 5.41) is 9.43. The largest absolute Gasteiger partial charge is 0.426 e. The van der Waals surface area contributed by atoms with Gasteiger partial charge >= 0.3 is 6.01 Å². The Balaban J connectivity index is 2.28. The summed E-state index contributed by atoms with van der Waals surface area (Å²) in [6, 6.07) is 9.98. The molecule has 0 atom stereocenters. The molecule has 19 heavy (non-hydrogen) atoms. The smallest absolute Gasteiger partial charge is 0.302 e. The van der Waals surface area contributed by atoms with E-state index >= 15 is 0 Å². The van der Waals surface area contributed by atoms with Gasteiger partial charge in [0.2, 0.25) is 0 Å². The Hall–Kier alpha value is -1.85. The molecule has 5 heteroatoms. The quantitative estimate of drug-likeness (QED) is 0.832.